The van der Waals surface area contributed by atoms with E-state index in [1.165, 1.54) is 0 Å². The van der Waals surface area contributed by atoms with Gasteiger partial charge in [-0.1, -0.05) is 29.0 Å². The van der Waals surface area contributed by atoms with Gasteiger partial charge < -0.3 is 0 Å². The zero-order chi connectivity index (χ0) is 14.0. The number of anilines is 1. The maximum absolute atomic E-state index is 12.2. The van der Waals surface area contributed by atoms with Crippen molar-refractivity contribution in [3.63, 3.8) is 0 Å². The van der Waals surface area contributed by atoms with Crippen LogP contribution in [-0.2, 0) is 10.0 Å². The molecule has 0 spiro atoms. The summed E-state index contributed by atoms with van der Waals surface area (Å²) in [5, 5.41) is 0. The standard InChI is InChI=1S/C11H11ClN2O2S3/c1-7-10(18-11(12)13-7)19(15,16)14-8-4-3-5-9(6-8)17-2/h3-6,14H,1-2H3. The summed E-state index contributed by atoms with van der Waals surface area (Å²) in [5.41, 5.74) is 0.930. The quantitative estimate of drug-likeness (QED) is 0.867. The highest BCUT2D eigenvalue weighted by molar-refractivity contribution is 7.98. The van der Waals surface area contributed by atoms with Gasteiger partial charge >= 0.3 is 0 Å². The fourth-order valence-corrected chi connectivity index (χ4v) is 4.74. The third-order valence-electron chi connectivity index (χ3n) is 2.29. The smallest absolute Gasteiger partial charge is 0.273 e. The minimum Gasteiger partial charge on any atom is -0.279 e. The molecule has 1 aromatic carbocycles. The first-order chi connectivity index (χ1) is 8.92. The molecule has 102 valence electrons. The monoisotopic (exact) mass is 334 g/mol. The Morgan fingerprint density at radius 2 is 2.16 bits per heavy atom. The van der Waals surface area contributed by atoms with Gasteiger partial charge in [0, 0.05) is 10.6 Å². The summed E-state index contributed by atoms with van der Waals surface area (Å²) in [6, 6.07) is 7.20. The van der Waals surface area contributed by atoms with Gasteiger partial charge in [0.05, 0.1) is 5.69 Å². The summed E-state index contributed by atoms with van der Waals surface area (Å²) in [5.74, 6) is 0. The van der Waals surface area contributed by atoms with Gasteiger partial charge in [-0.15, -0.1) is 11.8 Å². The second-order valence-electron chi connectivity index (χ2n) is 3.68. The van der Waals surface area contributed by atoms with E-state index in [1.54, 1.807) is 36.9 Å². The van der Waals surface area contributed by atoms with E-state index in [0.29, 0.717) is 11.4 Å². The Balaban J connectivity index is 2.33. The highest BCUT2D eigenvalue weighted by Crippen LogP contribution is 2.29. The first-order valence-corrected chi connectivity index (χ1v) is 9.12. The van der Waals surface area contributed by atoms with E-state index in [1.807, 2.05) is 12.3 Å². The molecule has 0 aliphatic heterocycles. The lowest BCUT2D eigenvalue weighted by Crippen LogP contribution is -2.12. The Kier molecular flexibility index (Phi) is 4.39. The number of aromatic nitrogens is 1. The highest BCUT2D eigenvalue weighted by atomic mass is 35.5. The van der Waals surface area contributed by atoms with Crippen LogP contribution in [0.25, 0.3) is 0 Å². The molecule has 0 saturated carbocycles. The van der Waals surface area contributed by atoms with Crippen LogP contribution in [0, 0.1) is 6.92 Å². The minimum atomic E-state index is -3.64. The van der Waals surface area contributed by atoms with Crippen LogP contribution in [0.1, 0.15) is 5.69 Å². The topological polar surface area (TPSA) is 59.1 Å². The van der Waals surface area contributed by atoms with Gasteiger partial charge in [-0.3, -0.25) is 4.72 Å². The van der Waals surface area contributed by atoms with Gasteiger partial charge in [0.15, 0.2) is 8.68 Å². The molecule has 1 aromatic heterocycles. The van der Waals surface area contributed by atoms with Crippen molar-refractivity contribution in [1.29, 1.82) is 0 Å². The molecule has 0 unspecified atom stereocenters. The Labute approximate surface area is 125 Å². The number of hydrogen-bond acceptors (Lipinski definition) is 5. The van der Waals surface area contributed by atoms with Crippen LogP contribution in [0.4, 0.5) is 5.69 Å². The second kappa shape index (κ2) is 5.70. The maximum Gasteiger partial charge on any atom is 0.273 e. The number of aryl methyl sites for hydroxylation is 1. The summed E-state index contributed by atoms with van der Waals surface area (Å²) in [6.45, 7) is 1.62. The molecule has 0 fully saturated rings. The van der Waals surface area contributed by atoms with Crippen molar-refractivity contribution >= 4 is 50.4 Å². The summed E-state index contributed by atoms with van der Waals surface area (Å²) in [4.78, 5) is 4.90. The van der Waals surface area contributed by atoms with Gasteiger partial charge in [-0.05, 0) is 31.4 Å². The van der Waals surface area contributed by atoms with Gasteiger partial charge in [-0.2, -0.15) is 0 Å². The largest absolute Gasteiger partial charge is 0.279 e. The molecule has 4 nitrogen and oxygen atoms in total. The molecule has 0 amide bonds. The van der Waals surface area contributed by atoms with Crippen LogP contribution in [0.3, 0.4) is 0 Å². The van der Waals surface area contributed by atoms with Gasteiger partial charge in [0.25, 0.3) is 10.0 Å². The van der Waals surface area contributed by atoms with Crippen molar-refractivity contribution in [2.45, 2.75) is 16.0 Å². The number of halogens is 1. The van der Waals surface area contributed by atoms with Crippen LogP contribution in [0.5, 0.6) is 0 Å². The number of benzene rings is 1. The normalized spacial score (nSPS) is 11.5. The number of thioether (sulfide) groups is 1. The molecule has 0 radical (unpaired) electrons. The number of nitrogens with zero attached hydrogens (tertiary/aromatic N) is 1. The van der Waals surface area contributed by atoms with Gasteiger partial charge in [-0.25, -0.2) is 13.4 Å². The van der Waals surface area contributed by atoms with Crippen molar-refractivity contribution in [3.05, 3.63) is 34.4 Å². The molecule has 8 heteroatoms. The van der Waals surface area contributed by atoms with Crippen molar-refractivity contribution in [3.8, 4) is 0 Å². The molecule has 0 saturated heterocycles. The Bertz CT molecular complexity index is 698. The van der Waals surface area contributed by atoms with Crippen LogP contribution < -0.4 is 4.72 Å². The van der Waals surface area contributed by atoms with Gasteiger partial charge in [0.1, 0.15) is 0 Å². The predicted octanol–water partition coefficient (Wildman–Crippen LogP) is 3.63. The van der Waals surface area contributed by atoms with Crippen LogP contribution >= 0.6 is 34.7 Å². The van der Waals surface area contributed by atoms with E-state index in [4.69, 9.17) is 11.6 Å². The molecule has 0 bridgehead atoms. The summed E-state index contributed by atoms with van der Waals surface area (Å²) < 4.78 is 27.4. The lowest BCUT2D eigenvalue weighted by molar-refractivity contribution is 0.602. The summed E-state index contributed by atoms with van der Waals surface area (Å²) in [6.07, 6.45) is 1.93. The van der Waals surface area contributed by atoms with Crippen molar-refractivity contribution < 1.29 is 8.42 Å². The van der Waals surface area contributed by atoms with E-state index in [0.717, 1.165) is 16.2 Å². The van der Waals surface area contributed by atoms with E-state index in [-0.39, 0.29) is 8.68 Å². The van der Waals surface area contributed by atoms with Crippen molar-refractivity contribution in [2.24, 2.45) is 0 Å². The molecule has 1 heterocycles. The van der Waals surface area contributed by atoms with Crippen LogP contribution in [0.2, 0.25) is 4.47 Å². The average Bonchev–Trinajstić information content (AvgIpc) is 2.69. The molecule has 2 aromatic rings. The van der Waals surface area contributed by atoms with Gasteiger partial charge in [0.2, 0.25) is 0 Å². The zero-order valence-corrected chi connectivity index (χ0v) is 13.4. The van der Waals surface area contributed by atoms with E-state index in [2.05, 4.69) is 9.71 Å². The zero-order valence-electron chi connectivity index (χ0n) is 10.2. The molecule has 2 rings (SSSR count). The maximum atomic E-state index is 12.2. The number of sulfonamides is 1. The fraction of sp³-hybridized carbons (Fsp3) is 0.182. The SMILES string of the molecule is CSc1cccc(NS(=O)(=O)c2sc(Cl)nc2C)c1. The molecular formula is C11H11ClN2O2S3. The third kappa shape index (κ3) is 3.42. The van der Waals surface area contributed by atoms with Crippen molar-refractivity contribution in [1.82, 2.24) is 4.98 Å². The first-order valence-electron chi connectivity index (χ1n) is 5.22. The molecule has 0 aliphatic rings. The Morgan fingerprint density at radius 1 is 1.42 bits per heavy atom. The van der Waals surface area contributed by atoms with E-state index in [9.17, 15) is 8.42 Å². The summed E-state index contributed by atoms with van der Waals surface area (Å²) >= 11 is 8.23. The number of nitrogens with one attached hydrogen (secondary N) is 1. The van der Waals surface area contributed by atoms with Crippen molar-refractivity contribution in [2.75, 3.05) is 11.0 Å². The number of rotatable bonds is 4. The van der Waals surface area contributed by atoms with E-state index < -0.39 is 10.0 Å². The highest BCUT2D eigenvalue weighted by Gasteiger charge is 2.21. The minimum absolute atomic E-state index is 0.145. The molecular weight excluding hydrogens is 324 g/mol. The third-order valence-corrected chi connectivity index (χ3v) is 6.27. The lowest BCUT2D eigenvalue weighted by Gasteiger charge is -2.07. The lowest BCUT2D eigenvalue weighted by atomic mass is 10.3. The number of hydrogen-bond donors (Lipinski definition) is 1. The average molecular weight is 335 g/mol. The Hall–Kier alpha value is -0.760. The van der Waals surface area contributed by atoms with E-state index >= 15 is 0 Å². The number of thiazole rings is 1. The molecule has 19 heavy (non-hydrogen) atoms. The summed E-state index contributed by atoms with van der Waals surface area (Å²) in [7, 11) is -3.64. The second-order valence-corrected chi connectivity index (χ2v) is 8.02. The Morgan fingerprint density at radius 3 is 2.74 bits per heavy atom. The predicted molar refractivity (Wildman–Crippen MR) is 80.9 cm³/mol. The fourth-order valence-electron chi connectivity index (χ4n) is 1.49. The first kappa shape index (κ1) is 14.6. The van der Waals surface area contributed by atoms with Crippen LogP contribution in [-0.4, -0.2) is 19.7 Å². The molecule has 1 N–H and O–H groups in total. The van der Waals surface area contributed by atoms with Crippen LogP contribution in [0.15, 0.2) is 33.4 Å². The molecule has 0 aliphatic carbocycles. The molecule has 0 atom stereocenters.